The minimum Gasteiger partial charge on any atom is -0.481 e. The van der Waals surface area contributed by atoms with Crippen molar-refractivity contribution in [1.82, 2.24) is 0 Å². The number of carbonyl (C=O) groups is 2. The maximum absolute atomic E-state index is 13.0. The van der Waals surface area contributed by atoms with Gasteiger partial charge in [-0.3, -0.25) is 4.79 Å². The zero-order valence-electron chi connectivity index (χ0n) is 21.0. The molecule has 2 aliphatic carbocycles. The lowest BCUT2D eigenvalue weighted by Gasteiger charge is -2.37. The number of nitrogens with one attached hydrogen (secondary N) is 2. The molecule has 2 atom stereocenters. The quantitative estimate of drug-likeness (QED) is 0.326. The molecule has 2 aliphatic rings. The van der Waals surface area contributed by atoms with Gasteiger partial charge in [-0.2, -0.15) is 13.2 Å². The highest BCUT2D eigenvalue weighted by Gasteiger charge is 2.44. The largest absolute Gasteiger partial charge is 0.481 e. The first kappa shape index (κ1) is 26.8. The molecule has 2 fully saturated rings. The Morgan fingerprint density at radius 2 is 1.73 bits per heavy atom. The Kier molecular flexibility index (Phi) is 8.29. The second-order valence-corrected chi connectivity index (χ2v) is 10.2. The Labute approximate surface area is 215 Å². The summed E-state index contributed by atoms with van der Waals surface area (Å²) in [5, 5.41) is 15.1. The number of anilines is 3. The number of aryl methyl sites for hydroxylation is 1. The zero-order chi connectivity index (χ0) is 26.6. The number of carboxylic acid groups (broad SMARTS) is 1. The number of nitrogens with zero attached hydrogens (tertiary/aromatic N) is 1. The molecule has 0 heterocycles. The SMILES string of the molecule is Cc1ccc(NC(=O)Nc2cc([C@H]3C[C@H]3C(=O)O)ccc2N(CCCC(F)(F)F)C2CCCCC2)cc1. The van der Waals surface area contributed by atoms with E-state index >= 15 is 0 Å². The molecule has 37 heavy (non-hydrogen) atoms. The van der Waals surface area contributed by atoms with Crippen LogP contribution in [0.1, 0.15) is 68.4 Å². The summed E-state index contributed by atoms with van der Waals surface area (Å²) in [6, 6.07) is 12.4. The number of aliphatic carboxylic acids is 1. The molecule has 2 aromatic rings. The van der Waals surface area contributed by atoms with Crippen molar-refractivity contribution in [2.45, 2.75) is 76.4 Å². The summed E-state index contributed by atoms with van der Waals surface area (Å²) in [5.41, 5.74) is 3.63. The third-order valence-electron chi connectivity index (χ3n) is 7.30. The van der Waals surface area contributed by atoms with E-state index in [4.69, 9.17) is 0 Å². The number of benzene rings is 2. The van der Waals surface area contributed by atoms with Crippen LogP contribution in [0.25, 0.3) is 0 Å². The fourth-order valence-corrected chi connectivity index (χ4v) is 5.24. The van der Waals surface area contributed by atoms with Crippen LogP contribution < -0.4 is 15.5 Å². The van der Waals surface area contributed by atoms with Crippen LogP contribution in [0.15, 0.2) is 42.5 Å². The van der Waals surface area contributed by atoms with Gasteiger partial charge in [-0.05, 0) is 68.4 Å². The number of carbonyl (C=O) groups excluding carboxylic acids is 1. The predicted molar refractivity (Wildman–Crippen MR) is 138 cm³/mol. The standard InChI is InChI=1S/C28H34F3N3O3/c1-18-8-11-20(12-9-18)32-27(37)33-24-16-19(22-17-23(22)26(35)36)10-13-25(24)34(15-5-14-28(29,30)31)21-6-3-2-4-7-21/h8-13,16,21-23H,2-7,14-15,17H2,1H3,(H,35,36)(H2,32,33,37)/t22-,23-/m1/s1. The van der Waals surface area contributed by atoms with E-state index in [1.54, 1.807) is 18.2 Å². The fourth-order valence-electron chi connectivity index (χ4n) is 5.24. The molecule has 4 rings (SSSR count). The van der Waals surface area contributed by atoms with Crippen molar-refractivity contribution in [2.75, 3.05) is 22.1 Å². The number of hydrogen-bond donors (Lipinski definition) is 3. The van der Waals surface area contributed by atoms with E-state index < -0.39 is 30.5 Å². The lowest BCUT2D eigenvalue weighted by molar-refractivity contribution is -0.138. The van der Waals surface area contributed by atoms with E-state index in [2.05, 4.69) is 10.6 Å². The van der Waals surface area contributed by atoms with Crippen molar-refractivity contribution in [1.29, 1.82) is 0 Å². The molecule has 6 nitrogen and oxygen atoms in total. The average Bonchev–Trinajstić information content (AvgIpc) is 3.65. The van der Waals surface area contributed by atoms with E-state index in [1.807, 2.05) is 36.1 Å². The van der Waals surface area contributed by atoms with Gasteiger partial charge in [-0.25, -0.2) is 4.79 Å². The van der Waals surface area contributed by atoms with Gasteiger partial charge in [0.1, 0.15) is 0 Å². The fraction of sp³-hybridized carbons (Fsp3) is 0.500. The number of rotatable bonds is 9. The highest BCUT2D eigenvalue weighted by atomic mass is 19.4. The van der Waals surface area contributed by atoms with Crippen LogP contribution >= 0.6 is 0 Å². The molecule has 0 unspecified atom stereocenters. The molecule has 2 aromatic carbocycles. The van der Waals surface area contributed by atoms with E-state index in [1.165, 1.54) is 0 Å². The molecule has 9 heteroatoms. The third-order valence-corrected chi connectivity index (χ3v) is 7.30. The van der Waals surface area contributed by atoms with E-state index in [9.17, 15) is 27.9 Å². The topological polar surface area (TPSA) is 81.7 Å². The molecule has 0 aliphatic heterocycles. The monoisotopic (exact) mass is 517 g/mol. The maximum Gasteiger partial charge on any atom is 0.389 e. The van der Waals surface area contributed by atoms with Gasteiger partial charge < -0.3 is 20.6 Å². The van der Waals surface area contributed by atoms with Gasteiger partial charge in [-0.15, -0.1) is 0 Å². The number of urea groups is 1. The van der Waals surface area contributed by atoms with Crippen molar-refractivity contribution >= 4 is 29.1 Å². The van der Waals surface area contributed by atoms with Crippen molar-refractivity contribution in [3.63, 3.8) is 0 Å². The second-order valence-electron chi connectivity index (χ2n) is 10.2. The van der Waals surface area contributed by atoms with Crippen molar-refractivity contribution in [2.24, 2.45) is 5.92 Å². The molecule has 2 amide bonds. The highest BCUT2D eigenvalue weighted by molar-refractivity contribution is 6.02. The lowest BCUT2D eigenvalue weighted by Crippen LogP contribution is -2.38. The van der Waals surface area contributed by atoms with Gasteiger partial charge >= 0.3 is 18.2 Å². The van der Waals surface area contributed by atoms with Gasteiger partial charge in [0, 0.05) is 24.7 Å². The van der Waals surface area contributed by atoms with E-state index in [0.29, 0.717) is 23.5 Å². The van der Waals surface area contributed by atoms with Crippen molar-refractivity contribution in [3.05, 3.63) is 53.6 Å². The first-order valence-electron chi connectivity index (χ1n) is 13.0. The molecule has 0 saturated heterocycles. The highest BCUT2D eigenvalue weighted by Crippen LogP contribution is 2.49. The van der Waals surface area contributed by atoms with E-state index in [-0.39, 0.29) is 24.9 Å². The zero-order valence-corrected chi connectivity index (χ0v) is 21.0. The van der Waals surface area contributed by atoms with Gasteiger partial charge in [-0.1, -0.05) is 43.0 Å². The normalized spacial score (nSPS) is 19.8. The molecule has 3 N–H and O–H groups in total. The molecule has 0 spiro atoms. The van der Waals surface area contributed by atoms with E-state index in [0.717, 1.165) is 43.2 Å². The van der Waals surface area contributed by atoms with Crippen molar-refractivity contribution < 1.29 is 27.9 Å². The molecule has 200 valence electrons. The Bertz CT molecular complexity index is 1100. The number of carboxylic acids is 1. The number of amides is 2. The third kappa shape index (κ3) is 7.40. The summed E-state index contributed by atoms with van der Waals surface area (Å²) in [6.45, 7) is 2.17. The Hall–Kier alpha value is -3.23. The summed E-state index contributed by atoms with van der Waals surface area (Å²) >= 11 is 0. The lowest BCUT2D eigenvalue weighted by atomic mass is 9.93. The Balaban J connectivity index is 1.61. The molecule has 2 saturated carbocycles. The van der Waals surface area contributed by atoms with Crippen LogP contribution in [0.5, 0.6) is 0 Å². The second kappa shape index (κ2) is 11.4. The van der Waals surface area contributed by atoms with Crippen LogP contribution in [0.2, 0.25) is 0 Å². The smallest absolute Gasteiger partial charge is 0.389 e. The molecular formula is C28H34F3N3O3. The maximum atomic E-state index is 13.0. The Morgan fingerprint density at radius 1 is 1.03 bits per heavy atom. The number of halogens is 3. The van der Waals surface area contributed by atoms with Crippen LogP contribution in [-0.4, -0.2) is 35.9 Å². The molecule has 0 aromatic heterocycles. The summed E-state index contributed by atoms with van der Waals surface area (Å²) in [5.74, 6) is -1.45. The van der Waals surface area contributed by atoms with Gasteiger partial charge in [0.2, 0.25) is 0 Å². The van der Waals surface area contributed by atoms with Crippen molar-refractivity contribution in [3.8, 4) is 0 Å². The first-order chi connectivity index (χ1) is 17.6. The van der Waals surface area contributed by atoms with Crippen LogP contribution in [0, 0.1) is 12.8 Å². The van der Waals surface area contributed by atoms with Gasteiger partial charge in [0.25, 0.3) is 0 Å². The van der Waals surface area contributed by atoms with Crippen LogP contribution in [0.4, 0.5) is 35.0 Å². The summed E-state index contributed by atoms with van der Waals surface area (Å²) < 4.78 is 38.9. The summed E-state index contributed by atoms with van der Waals surface area (Å²) in [7, 11) is 0. The molecule has 0 radical (unpaired) electrons. The van der Waals surface area contributed by atoms with Gasteiger partial charge in [0.15, 0.2) is 0 Å². The minimum atomic E-state index is -4.23. The predicted octanol–water partition coefficient (Wildman–Crippen LogP) is 7.31. The summed E-state index contributed by atoms with van der Waals surface area (Å²) in [4.78, 5) is 26.4. The average molecular weight is 518 g/mol. The summed E-state index contributed by atoms with van der Waals surface area (Å²) in [6.07, 6.45) is 0.284. The molecular weight excluding hydrogens is 483 g/mol. The molecule has 0 bridgehead atoms. The Morgan fingerprint density at radius 3 is 2.35 bits per heavy atom. The van der Waals surface area contributed by atoms with Crippen LogP contribution in [-0.2, 0) is 4.79 Å². The number of alkyl halides is 3. The minimum absolute atomic E-state index is 0.0412. The van der Waals surface area contributed by atoms with Crippen LogP contribution in [0.3, 0.4) is 0 Å². The number of hydrogen-bond acceptors (Lipinski definition) is 3. The first-order valence-corrected chi connectivity index (χ1v) is 13.0. The van der Waals surface area contributed by atoms with Gasteiger partial charge in [0.05, 0.1) is 17.3 Å².